The number of rotatable bonds is 8. The molecule has 2 N–H and O–H groups in total. The first-order valence-electron chi connectivity index (χ1n) is 10.4. The molecule has 0 saturated heterocycles. The molecule has 0 fully saturated rings. The topological polar surface area (TPSA) is 105 Å². The number of nitrogens with zero attached hydrogens (tertiary/aromatic N) is 2. The summed E-state index contributed by atoms with van der Waals surface area (Å²) in [4.78, 5) is 24.5. The third kappa shape index (κ3) is 5.44. The number of benzene rings is 2. The summed E-state index contributed by atoms with van der Waals surface area (Å²) in [5, 5.41) is 0.749. The smallest absolute Gasteiger partial charge is 0.232 e. The van der Waals surface area contributed by atoms with E-state index in [1.165, 1.54) is 6.20 Å². The minimum Gasteiger partial charge on any atom is -0.337 e. The maximum Gasteiger partial charge on any atom is 0.232 e. The van der Waals surface area contributed by atoms with Gasteiger partial charge >= 0.3 is 0 Å². The highest BCUT2D eigenvalue weighted by molar-refractivity contribution is 7.92. The summed E-state index contributed by atoms with van der Waals surface area (Å²) in [7, 11) is -3.83. The number of halogens is 4. The van der Waals surface area contributed by atoms with Crippen molar-refractivity contribution in [2.24, 2.45) is 0 Å². The summed E-state index contributed by atoms with van der Waals surface area (Å²) < 4.78 is 55.3. The molecule has 0 atom stereocenters. The number of H-pyrrole nitrogens is 1. The highest BCUT2D eigenvalue weighted by atomic mass is 35.5. The number of ketones is 1. The lowest BCUT2D eigenvalue weighted by atomic mass is 10.0. The molecule has 35 heavy (non-hydrogen) atoms. The summed E-state index contributed by atoms with van der Waals surface area (Å²) in [5.41, 5.74) is 0.592. The van der Waals surface area contributed by atoms with Gasteiger partial charge in [0.05, 0.1) is 32.6 Å². The number of anilines is 1. The van der Waals surface area contributed by atoms with Crippen LogP contribution >= 0.6 is 23.2 Å². The molecule has 12 heteroatoms. The van der Waals surface area contributed by atoms with Gasteiger partial charge in [-0.05, 0) is 48.4 Å². The molecule has 0 amide bonds. The lowest BCUT2D eigenvalue weighted by Crippen LogP contribution is -2.19. The summed E-state index contributed by atoms with van der Waals surface area (Å²) in [5.74, 6) is -3.01. The fourth-order valence-electron chi connectivity index (χ4n) is 3.47. The molecular formula is C23H18Cl2F2N4O3S. The fraction of sp³-hybridized carbons (Fsp3) is 0.174. The Balaban J connectivity index is 1.61. The standard InChI is InChI=1S/C23H18Cl2F2N4O3S/c1-2-7-35(33,34)31-17-6-5-16(26)20(21(17)27)19(32)9-12-8-18-23(28-11-12)30-22(29-18)13-3-4-14(24)15(25)10-13/h3-6,8,10-11,31H,2,7,9H2,1H3,(H,28,29,30). The molecule has 0 unspecified atom stereocenters. The van der Waals surface area contributed by atoms with Crippen LogP contribution in [-0.2, 0) is 16.4 Å². The predicted molar refractivity (Wildman–Crippen MR) is 131 cm³/mol. The first-order chi connectivity index (χ1) is 16.6. The second-order valence-electron chi connectivity index (χ2n) is 7.73. The van der Waals surface area contributed by atoms with E-state index in [9.17, 15) is 22.0 Å². The van der Waals surface area contributed by atoms with Gasteiger partial charge in [-0.25, -0.2) is 27.2 Å². The molecule has 0 aliphatic carbocycles. The Labute approximate surface area is 209 Å². The minimum atomic E-state index is -3.83. The first kappa shape index (κ1) is 25.0. The molecule has 2 aromatic carbocycles. The van der Waals surface area contributed by atoms with Crippen molar-refractivity contribution in [3.05, 3.63) is 75.4 Å². The summed E-state index contributed by atoms with van der Waals surface area (Å²) in [6, 6.07) is 8.38. The molecule has 182 valence electrons. The van der Waals surface area contributed by atoms with Gasteiger partial charge in [-0.3, -0.25) is 9.52 Å². The van der Waals surface area contributed by atoms with Crippen LogP contribution in [-0.4, -0.2) is 34.9 Å². The van der Waals surface area contributed by atoms with Crippen molar-refractivity contribution in [1.82, 2.24) is 15.0 Å². The number of hydrogen-bond donors (Lipinski definition) is 2. The number of aromatic amines is 1. The number of pyridine rings is 1. The molecular weight excluding hydrogens is 521 g/mol. The lowest BCUT2D eigenvalue weighted by Gasteiger charge is -2.11. The highest BCUT2D eigenvalue weighted by Gasteiger charge is 2.23. The minimum absolute atomic E-state index is 0.243. The Morgan fingerprint density at radius 2 is 1.89 bits per heavy atom. The van der Waals surface area contributed by atoms with Crippen LogP contribution in [0.2, 0.25) is 10.0 Å². The quantitative estimate of drug-likeness (QED) is 0.276. The van der Waals surface area contributed by atoms with E-state index in [-0.39, 0.29) is 12.2 Å². The fourth-order valence-corrected chi connectivity index (χ4v) is 4.90. The van der Waals surface area contributed by atoms with Gasteiger partial charge in [0.25, 0.3) is 0 Å². The monoisotopic (exact) mass is 538 g/mol. The van der Waals surface area contributed by atoms with E-state index in [2.05, 4.69) is 19.7 Å². The van der Waals surface area contributed by atoms with Crippen LogP contribution in [0.1, 0.15) is 29.3 Å². The Kier molecular flexibility index (Phi) is 7.07. The number of carbonyl (C=O) groups is 1. The van der Waals surface area contributed by atoms with Crippen molar-refractivity contribution in [3.8, 4) is 11.4 Å². The third-order valence-corrected chi connectivity index (χ3v) is 7.28. The number of Topliss-reactive ketones (excluding diaryl/α,β-unsaturated/α-hetero) is 1. The lowest BCUT2D eigenvalue weighted by molar-refractivity contribution is 0.0985. The normalized spacial score (nSPS) is 11.7. The van der Waals surface area contributed by atoms with Crippen molar-refractivity contribution < 1.29 is 22.0 Å². The average molecular weight is 539 g/mol. The van der Waals surface area contributed by atoms with Gasteiger partial charge in [-0.15, -0.1) is 0 Å². The molecule has 4 rings (SSSR count). The number of imidazole rings is 1. The molecule has 0 spiro atoms. The van der Waals surface area contributed by atoms with Crippen molar-refractivity contribution >= 4 is 55.9 Å². The third-order valence-electron chi connectivity index (χ3n) is 5.06. The van der Waals surface area contributed by atoms with Crippen LogP contribution in [0.3, 0.4) is 0 Å². The molecule has 4 aromatic rings. The summed E-state index contributed by atoms with van der Waals surface area (Å²) >= 11 is 12.0. The van der Waals surface area contributed by atoms with Crippen LogP contribution in [0.4, 0.5) is 14.5 Å². The van der Waals surface area contributed by atoms with Crippen molar-refractivity contribution in [2.75, 3.05) is 10.5 Å². The largest absolute Gasteiger partial charge is 0.337 e. The Bertz CT molecular complexity index is 1560. The van der Waals surface area contributed by atoms with Gasteiger partial charge in [0.15, 0.2) is 17.2 Å². The number of aromatic nitrogens is 3. The van der Waals surface area contributed by atoms with Gasteiger partial charge in [0.1, 0.15) is 11.6 Å². The highest BCUT2D eigenvalue weighted by Crippen LogP contribution is 2.29. The molecule has 7 nitrogen and oxygen atoms in total. The molecule has 0 saturated carbocycles. The molecule has 2 aromatic heterocycles. The molecule has 0 radical (unpaired) electrons. The van der Waals surface area contributed by atoms with Crippen LogP contribution in [0.15, 0.2) is 42.6 Å². The van der Waals surface area contributed by atoms with Gasteiger partial charge in [0.2, 0.25) is 10.0 Å². The SMILES string of the molecule is CCCS(=O)(=O)Nc1ccc(F)c(C(=O)Cc2cnc3nc(-c4ccc(Cl)c(Cl)c4)[nH]c3c2)c1F. The van der Waals surface area contributed by atoms with Gasteiger partial charge in [-0.2, -0.15) is 0 Å². The summed E-state index contributed by atoms with van der Waals surface area (Å²) in [6.07, 6.45) is 1.31. The van der Waals surface area contributed by atoms with E-state index in [4.69, 9.17) is 23.2 Å². The Morgan fingerprint density at radius 3 is 2.60 bits per heavy atom. The van der Waals surface area contributed by atoms with Crippen molar-refractivity contribution in [2.45, 2.75) is 19.8 Å². The van der Waals surface area contributed by atoms with Crippen LogP contribution in [0.25, 0.3) is 22.6 Å². The van der Waals surface area contributed by atoms with Gasteiger partial charge in [-0.1, -0.05) is 30.1 Å². The number of carbonyl (C=O) groups excluding carboxylic acids is 1. The van der Waals surface area contributed by atoms with E-state index < -0.39 is 38.7 Å². The van der Waals surface area contributed by atoms with E-state index in [1.54, 1.807) is 31.2 Å². The molecule has 2 heterocycles. The van der Waals surface area contributed by atoms with E-state index in [1.807, 2.05) is 0 Å². The van der Waals surface area contributed by atoms with Crippen LogP contribution in [0, 0.1) is 11.6 Å². The first-order valence-corrected chi connectivity index (χ1v) is 12.8. The number of nitrogens with one attached hydrogen (secondary N) is 2. The van der Waals surface area contributed by atoms with Gasteiger partial charge in [0, 0.05) is 18.2 Å². The van der Waals surface area contributed by atoms with E-state index in [0.29, 0.717) is 44.6 Å². The number of sulfonamides is 1. The molecule has 0 aliphatic rings. The number of fused-ring (bicyclic) bond motifs is 1. The van der Waals surface area contributed by atoms with E-state index in [0.717, 1.165) is 12.1 Å². The van der Waals surface area contributed by atoms with Crippen molar-refractivity contribution in [3.63, 3.8) is 0 Å². The van der Waals surface area contributed by atoms with Crippen LogP contribution in [0.5, 0.6) is 0 Å². The summed E-state index contributed by atoms with van der Waals surface area (Å²) in [6.45, 7) is 1.65. The second-order valence-corrected chi connectivity index (χ2v) is 10.4. The van der Waals surface area contributed by atoms with E-state index >= 15 is 0 Å². The maximum absolute atomic E-state index is 14.9. The molecule has 0 aliphatic heterocycles. The Morgan fingerprint density at radius 1 is 1.11 bits per heavy atom. The molecule has 0 bridgehead atoms. The van der Waals surface area contributed by atoms with Crippen molar-refractivity contribution in [1.29, 1.82) is 0 Å². The maximum atomic E-state index is 14.9. The number of hydrogen-bond acceptors (Lipinski definition) is 5. The zero-order chi connectivity index (χ0) is 25.3. The zero-order valence-corrected chi connectivity index (χ0v) is 20.5. The van der Waals surface area contributed by atoms with Crippen LogP contribution < -0.4 is 4.72 Å². The predicted octanol–water partition coefficient (Wildman–Crippen LogP) is 5.79. The second kappa shape index (κ2) is 9.88. The zero-order valence-electron chi connectivity index (χ0n) is 18.2. The van der Waals surface area contributed by atoms with Gasteiger partial charge < -0.3 is 4.98 Å². The Hall–Kier alpha value is -3.08. The average Bonchev–Trinajstić information content (AvgIpc) is 3.21.